The molecule has 0 radical (unpaired) electrons. The van der Waals surface area contributed by atoms with Crippen LogP contribution >= 0.6 is 27.7 Å². The highest BCUT2D eigenvalue weighted by Crippen LogP contribution is 2.23. The molecule has 0 aliphatic carbocycles. The van der Waals surface area contributed by atoms with Gasteiger partial charge in [-0.05, 0) is 31.4 Å². The highest BCUT2D eigenvalue weighted by atomic mass is 79.9. The van der Waals surface area contributed by atoms with Crippen LogP contribution in [0.5, 0.6) is 0 Å². The smallest absolute Gasteiger partial charge is 0.242 e. The highest BCUT2D eigenvalue weighted by Gasteiger charge is 2.25. The molecule has 0 heterocycles. The molecule has 0 aliphatic heterocycles. The van der Waals surface area contributed by atoms with Gasteiger partial charge >= 0.3 is 0 Å². The Morgan fingerprint density at radius 3 is 2.74 bits per heavy atom. The van der Waals surface area contributed by atoms with E-state index in [9.17, 15) is 13.5 Å². The van der Waals surface area contributed by atoms with Crippen LogP contribution < -0.4 is 10.5 Å². The number of thioether (sulfide) groups is 1. The van der Waals surface area contributed by atoms with Gasteiger partial charge in [-0.3, -0.25) is 0 Å². The predicted octanol–water partition coefficient (Wildman–Crippen LogP) is 1.42. The second-order valence-electron chi connectivity index (χ2n) is 4.44. The van der Waals surface area contributed by atoms with Crippen molar-refractivity contribution in [1.82, 2.24) is 4.72 Å². The first-order chi connectivity index (χ1) is 8.68. The molecule has 0 spiro atoms. The molecule has 1 unspecified atom stereocenters. The normalized spacial score (nSPS) is 15.2. The van der Waals surface area contributed by atoms with Crippen LogP contribution in [0.4, 0.5) is 5.69 Å². The molecule has 19 heavy (non-hydrogen) atoms. The number of hydrogen-bond donors (Lipinski definition) is 3. The molecule has 0 fully saturated rings. The van der Waals surface area contributed by atoms with Crippen molar-refractivity contribution in [2.24, 2.45) is 0 Å². The average molecular weight is 369 g/mol. The van der Waals surface area contributed by atoms with E-state index in [0.717, 1.165) is 0 Å². The number of nitrogens with two attached hydrogens (primary N) is 1. The third-order valence-corrected chi connectivity index (χ3v) is 5.22. The van der Waals surface area contributed by atoms with E-state index in [1.54, 1.807) is 13.0 Å². The van der Waals surface area contributed by atoms with Crippen molar-refractivity contribution >= 4 is 43.4 Å². The largest absolute Gasteiger partial charge is 0.398 e. The molecule has 0 aromatic heterocycles. The zero-order valence-corrected chi connectivity index (χ0v) is 13.9. The Hall–Kier alpha value is -0.280. The molecule has 1 aromatic carbocycles. The fourth-order valence-corrected chi connectivity index (χ4v) is 3.98. The molecule has 5 nitrogen and oxygen atoms in total. The Morgan fingerprint density at radius 2 is 2.16 bits per heavy atom. The zero-order valence-electron chi connectivity index (χ0n) is 10.7. The summed E-state index contributed by atoms with van der Waals surface area (Å²) in [4.78, 5) is 0.00169. The lowest BCUT2D eigenvalue weighted by Crippen LogP contribution is -2.42. The standard InChI is InChI=1S/C11H17BrN2O3S2/c1-11(15,7-18-2)6-14-19(16,17)10-5-8(12)3-4-9(10)13/h3-5,14-15H,6-7,13H2,1-2H3. The van der Waals surface area contributed by atoms with E-state index in [1.165, 1.54) is 23.9 Å². The molecule has 0 saturated carbocycles. The molecular formula is C11H17BrN2O3S2. The second kappa shape index (κ2) is 6.45. The van der Waals surface area contributed by atoms with Crippen molar-refractivity contribution in [3.05, 3.63) is 22.7 Å². The van der Waals surface area contributed by atoms with Crippen molar-refractivity contribution in [3.63, 3.8) is 0 Å². The van der Waals surface area contributed by atoms with Crippen molar-refractivity contribution in [2.45, 2.75) is 17.4 Å². The summed E-state index contributed by atoms with van der Waals surface area (Å²) in [5.41, 5.74) is 4.73. The Bertz CT molecular complexity index is 547. The van der Waals surface area contributed by atoms with E-state index in [1.807, 2.05) is 6.26 Å². The van der Waals surface area contributed by atoms with E-state index in [2.05, 4.69) is 20.7 Å². The van der Waals surface area contributed by atoms with Gasteiger partial charge in [-0.1, -0.05) is 15.9 Å². The van der Waals surface area contributed by atoms with Gasteiger partial charge in [-0.25, -0.2) is 13.1 Å². The minimum absolute atomic E-state index is 0.00169. The van der Waals surface area contributed by atoms with Crippen LogP contribution in [0.25, 0.3) is 0 Å². The maximum Gasteiger partial charge on any atom is 0.242 e. The lowest BCUT2D eigenvalue weighted by Gasteiger charge is -2.22. The van der Waals surface area contributed by atoms with Gasteiger partial charge in [0, 0.05) is 16.8 Å². The number of nitrogens with one attached hydrogen (secondary N) is 1. The lowest BCUT2D eigenvalue weighted by atomic mass is 10.1. The fourth-order valence-electron chi connectivity index (χ4n) is 1.43. The van der Waals surface area contributed by atoms with Crippen LogP contribution in [0.15, 0.2) is 27.6 Å². The molecule has 1 atom stereocenters. The fraction of sp³-hybridized carbons (Fsp3) is 0.455. The van der Waals surface area contributed by atoms with Crippen LogP contribution in [-0.2, 0) is 10.0 Å². The highest BCUT2D eigenvalue weighted by molar-refractivity contribution is 9.10. The third-order valence-electron chi connectivity index (χ3n) is 2.36. The zero-order chi connectivity index (χ0) is 14.7. The summed E-state index contributed by atoms with van der Waals surface area (Å²) >= 11 is 4.65. The first kappa shape index (κ1) is 16.8. The van der Waals surface area contributed by atoms with E-state index in [0.29, 0.717) is 10.2 Å². The minimum Gasteiger partial charge on any atom is -0.398 e. The molecule has 4 N–H and O–H groups in total. The molecule has 1 aromatic rings. The van der Waals surface area contributed by atoms with Crippen molar-refractivity contribution in [1.29, 1.82) is 0 Å². The number of nitrogen functional groups attached to an aromatic ring is 1. The third kappa shape index (κ3) is 4.96. The molecular weight excluding hydrogens is 352 g/mol. The minimum atomic E-state index is -3.74. The summed E-state index contributed by atoms with van der Waals surface area (Å²) in [6.07, 6.45) is 1.84. The van der Waals surface area contributed by atoms with Crippen LogP contribution in [0.1, 0.15) is 6.92 Å². The number of aliphatic hydroxyl groups is 1. The SMILES string of the molecule is CSCC(C)(O)CNS(=O)(=O)c1cc(Br)ccc1N. The Balaban J connectivity index is 2.90. The summed E-state index contributed by atoms with van der Waals surface area (Å²) in [6.45, 7) is 1.51. The van der Waals surface area contributed by atoms with Gasteiger partial charge in [-0.2, -0.15) is 11.8 Å². The van der Waals surface area contributed by atoms with Gasteiger partial charge < -0.3 is 10.8 Å². The van der Waals surface area contributed by atoms with Crippen molar-refractivity contribution in [2.75, 3.05) is 24.3 Å². The quantitative estimate of drug-likeness (QED) is 0.660. The predicted molar refractivity (Wildman–Crippen MR) is 82.7 cm³/mol. The number of halogens is 1. The topological polar surface area (TPSA) is 92.4 Å². The Kier molecular flexibility index (Phi) is 5.69. The van der Waals surface area contributed by atoms with E-state index in [-0.39, 0.29) is 17.1 Å². The number of sulfonamides is 1. The number of benzene rings is 1. The summed E-state index contributed by atoms with van der Waals surface area (Å²) in [5.74, 6) is 0.434. The van der Waals surface area contributed by atoms with Gasteiger partial charge in [0.25, 0.3) is 0 Å². The first-order valence-corrected chi connectivity index (χ1v) is 9.11. The van der Waals surface area contributed by atoms with E-state index >= 15 is 0 Å². The van der Waals surface area contributed by atoms with Gasteiger partial charge in [0.2, 0.25) is 10.0 Å². The molecule has 0 aliphatic rings. The lowest BCUT2D eigenvalue weighted by molar-refractivity contribution is 0.0908. The summed E-state index contributed by atoms with van der Waals surface area (Å²) in [7, 11) is -3.74. The maximum atomic E-state index is 12.1. The van der Waals surface area contributed by atoms with E-state index in [4.69, 9.17) is 5.73 Å². The maximum absolute atomic E-state index is 12.1. The van der Waals surface area contributed by atoms with Crippen LogP contribution in [0, 0.1) is 0 Å². The van der Waals surface area contributed by atoms with Gasteiger partial charge in [0.05, 0.1) is 11.3 Å². The molecule has 0 amide bonds. The van der Waals surface area contributed by atoms with Gasteiger partial charge in [0.1, 0.15) is 4.90 Å². The van der Waals surface area contributed by atoms with Crippen LogP contribution in [-0.4, -0.2) is 37.7 Å². The van der Waals surface area contributed by atoms with Crippen molar-refractivity contribution < 1.29 is 13.5 Å². The molecule has 8 heteroatoms. The molecule has 108 valence electrons. The van der Waals surface area contributed by atoms with Crippen LogP contribution in [0.3, 0.4) is 0 Å². The number of rotatable bonds is 6. The second-order valence-corrected chi connectivity index (χ2v) is 7.95. The number of hydrogen-bond acceptors (Lipinski definition) is 5. The van der Waals surface area contributed by atoms with Gasteiger partial charge in [0.15, 0.2) is 0 Å². The first-order valence-electron chi connectivity index (χ1n) is 5.44. The summed E-state index contributed by atoms with van der Waals surface area (Å²) < 4.78 is 27.3. The summed E-state index contributed by atoms with van der Waals surface area (Å²) in [6, 6.07) is 4.61. The average Bonchev–Trinajstić information content (AvgIpc) is 2.30. The molecule has 0 saturated heterocycles. The summed E-state index contributed by atoms with van der Waals surface area (Å²) in [5, 5.41) is 9.96. The van der Waals surface area contributed by atoms with E-state index < -0.39 is 15.6 Å². The van der Waals surface area contributed by atoms with Gasteiger partial charge in [-0.15, -0.1) is 0 Å². The number of anilines is 1. The molecule has 1 rings (SSSR count). The monoisotopic (exact) mass is 368 g/mol. The Labute approximate surface area is 126 Å². The Morgan fingerprint density at radius 1 is 1.53 bits per heavy atom. The molecule has 0 bridgehead atoms. The van der Waals surface area contributed by atoms with Crippen LogP contribution in [0.2, 0.25) is 0 Å². The van der Waals surface area contributed by atoms with Crippen molar-refractivity contribution in [3.8, 4) is 0 Å².